The van der Waals surface area contributed by atoms with E-state index in [1.54, 1.807) is 12.1 Å². The van der Waals surface area contributed by atoms with Crippen LogP contribution >= 0.6 is 0 Å². The molecule has 2 aliphatic carbocycles. The summed E-state index contributed by atoms with van der Waals surface area (Å²) >= 11 is 0. The van der Waals surface area contributed by atoms with Crippen molar-refractivity contribution in [1.82, 2.24) is 9.73 Å². The van der Waals surface area contributed by atoms with Crippen molar-refractivity contribution in [2.45, 2.75) is 44.9 Å². The summed E-state index contributed by atoms with van der Waals surface area (Å²) in [6, 6.07) is 6.03. The summed E-state index contributed by atoms with van der Waals surface area (Å²) in [6.07, 6.45) is 3.22. The first-order chi connectivity index (χ1) is 12.0. The smallest absolute Gasteiger partial charge is 0.267 e. The first-order valence-electron chi connectivity index (χ1n) is 8.90. The molecular formula is C19H27N3O3S. The average molecular weight is 378 g/mol. The van der Waals surface area contributed by atoms with Crippen molar-refractivity contribution >= 4 is 21.6 Å². The molecule has 3 rings (SSSR count). The van der Waals surface area contributed by atoms with Gasteiger partial charge in [-0.3, -0.25) is 4.79 Å². The van der Waals surface area contributed by atoms with Crippen molar-refractivity contribution in [3.63, 3.8) is 0 Å². The second-order valence-corrected chi connectivity index (χ2v) is 10.5. The normalized spacial score (nSPS) is 28.7. The molecule has 0 radical (unpaired) electrons. The zero-order chi connectivity index (χ0) is 19.3. The molecule has 1 aromatic carbocycles. The number of amides is 1. The molecule has 0 saturated heterocycles. The summed E-state index contributed by atoms with van der Waals surface area (Å²) in [7, 11) is -0.650. The Kier molecular flexibility index (Phi) is 4.51. The molecule has 142 valence electrons. The number of sulfonamides is 1. The second kappa shape index (κ2) is 6.16. The number of hydrazone groups is 1. The maximum absolute atomic E-state index is 12.5. The number of nitrogens with one attached hydrogen (secondary N) is 1. The van der Waals surface area contributed by atoms with Crippen LogP contribution in [0.15, 0.2) is 34.3 Å². The van der Waals surface area contributed by atoms with Crippen molar-refractivity contribution in [2.75, 3.05) is 14.1 Å². The van der Waals surface area contributed by atoms with Crippen LogP contribution in [0.4, 0.5) is 0 Å². The van der Waals surface area contributed by atoms with Gasteiger partial charge >= 0.3 is 0 Å². The summed E-state index contributed by atoms with van der Waals surface area (Å²) in [6.45, 7) is 6.80. The van der Waals surface area contributed by atoms with E-state index >= 15 is 0 Å². The lowest BCUT2D eigenvalue weighted by molar-refractivity contribution is 0.0953. The highest BCUT2D eigenvalue weighted by atomic mass is 32.2. The lowest BCUT2D eigenvalue weighted by atomic mass is 9.70. The van der Waals surface area contributed by atoms with Crippen LogP contribution in [0.1, 0.15) is 50.4 Å². The summed E-state index contributed by atoms with van der Waals surface area (Å²) in [5.74, 6) is 0.217. The van der Waals surface area contributed by atoms with E-state index < -0.39 is 15.9 Å². The van der Waals surface area contributed by atoms with E-state index in [-0.39, 0.29) is 21.3 Å². The van der Waals surface area contributed by atoms with Gasteiger partial charge in [0.1, 0.15) is 0 Å². The lowest BCUT2D eigenvalue weighted by Crippen LogP contribution is -2.34. The van der Waals surface area contributed by atoms with E-state index in [4.69, 9.17) is 0 Å². The molecule has 0 unspecified atom stereocenters. The SMILES string of the molecule is CN(C)S(=O)(=O)c1cccc(C(=O)N/N=C2/C[C@H]3CC[C@@]2(C)C3(C)C)c1. The summed E-state index contributed by atoms with van der Waals surface area (Å²) in [4.78, 5) is 12.6. The van der Waals surface area contributed by atoms with E-state index in [1.165, 1.54) is 32.6 Å². The van der Waals surface area contributed by atoms with Gasteiger partial charge < -0.3 is 0 Å². The van der Waals surface area contributed by atoms with Crippen LogP contribution < -0.4 is 5.43 Å². The number of hydrogen-bond acceptors (Lipinski definition) is 4. The summed E-state index contributed by atoms with van der Waals surface area (Å²) in [5.41, 5.74) is 4.17. The maximum atomic E-state index is 12.5. The molecule has 1 aromatic rings. The lowest BCUT2D eigenvalue weighted by Gasteiger charge is -2.34. The van der Waals surface area contributed by atoms with Gasteiger partial charge in [0.15, 0.2) is 0 Å². The van der Waals surface area contributed by atoms with Crippen molar-refractivity contribution in [3.05, 3.63) is 29.8 Å². The molecule has 2 fully saturated rings. The van der Waals surface area contributed by atoms with Crippen LogP contribution in [0.5, 0.6) is 0 Å². The van der Waals surface area contributed by atoms with E-state index in [2.05, 4.69) is 31.3 Å². The number of carbonyl (C=O) groups excluding carboxylic acids is 1. The number of fused-ring (bicyclic) bond motifs is 2. The van der Waals surface area contributed by atoms with Gasteiger partial charge in [-0.15, -0.1) is 0 Å². The van der Waals surface area contributed by atoms with Gasteiger partial charge in [0.05, 0.1) is 4.90 Å². The molecule has 1 amide bonds. The predicted molar refractivity (Wildman–Crippen MR) is 101 cm³/mol. The van der Waals surface area contributed by atoms with Gasteiger partial charge in [0, 0.05) is 30.8 Å². The standard InChI is InChI=1S/C19H27N3O3S/c1-18(2)14-9-10-19(18,3)16(12-14)20-21-17(23)13-7-6-8-15(11-13)26(24,25)22(4)5/h6-8,11,14H,9-10,12H2,1-5H3,(H,21,23)/b20-16-/t14-,19-/m1/s1. The first-order valence-corrected chi connectivity index (χ1v) is 10.3. The summed E-state index contributed by atoms with van der Waals surface area (Å²) < 4.78 is 25.6. The molecule has 7 heteroatoms. The Balaban J connectivity index is 1.80. The first kappa shape index (κ1) is 19.0. The zero-order valence-corrected chi connectivity index (χ0v) is 16.9. The minimum Gasteiger partial charge on any atom is -0.267 e. The van der Waals surface area contributed by atoms with Crippen LogP contribution in [-0.4, -0.2) is 38.4 Å². The molecule has 26 heavy (non-hydrogen) atoms. The van der Waals surface area contributed by atoms with Gasteiger partial charge in [0.25, 0.3) is 5.91 Å². The molecule has 0 aromatic heterocycles. The van der Waals surface area contributed by atoms with Gasteiger partial charge in [-0.25, -0.2) is 18.1 Å². The largest absolute Gasteiger partial charge is 0.271 e. The highest BCUT2D eigenvalue weighted by Gasteiger charge is 2.60. The Hall–Kier alpha value is -1.73. The molecule has 1 N–H and O–H groups in total. The van der Waals surface area contributed by atoms with E-state index in [0.29, 0.717) is 5.92 Å². The number of carbonyl (C=O) groups is 1. The Morgan fingerprint density at radius 1 is 1.27 bits per heavy atom. The fraction of sp³-hybridized carbons (Fsp3) is 0.579. The molecule has 0 spiro atoms. The third kappa shape index (κ3) is 2.77. The molecule has 2 bridgehead atoms. The molecule has 2 aliphatic rings. The maximum Gasteiger partial charge on any atom is 0.271 e. The third-order valence-corrected chi connectivity index (χ3v) is 8.49. The van der Waals surface area contributed by atoms with Crippen molar-refractivity contribution in [1.29, 1.82) is 0 Å². The number of hydrogen-bond donors (Lipinski definition) is 1. The topological polar surface area (TPSA) is 78.8 Å². The van der Waals surface area contributed by atoms with Crippen molar-refractivity contribution < 1.29 is 13.2 Å². The molecule has 6 nitrogen and oxygen atoms in total. The Morgan fingerprint density at radius 2 is 1.96 bits per heavy atom. The zero-order valence-electron chi connectivity index (χ0n) is 16.0. The monoisotopic (exact) mass is 377 g/mol. The Morgan fingerprint density at radius 3 is 2.50 bits per heavy atom. The number of benzene rings is 1. The quantitative estimate of drug-likeness (QED) is 0.820. The fourth-order valence-corrected chi connectivity index (χ4v) is 5.24. The van der Waals surface area contributed by atoms with E-state index in [1.807, 2.05) is 0 Å². The van der Waals surface area contributed by atoms with Gasteiger partial charge in [0.2, 0.25) is 10.0 Å². The molecular weight excluding hydrogens is 350 g/mol. The number of nitrogens with zero attached hydrogens (tertiary/aromatic N) is 2. The molecule has 2 saturated carbocycles. The second-order valence-electron chi connectivity index (χ2n) is 8.31. The molecule has 0 aliphatic heterocycles. The molecule has 0 heterocycles. The minimum atomic E-state index is -3.58. The third-order valence-electron chi connectivity index (χ3n) is 6.68. The highest BCUT2D eigenvalue weighted by molar-refractivity contribution is 7.89. The van der Waals surface area contributed by atoms with Crippen LogP contribution in [0.3, 0.4) is 0 Å². The van der Waals surface area contributed by atoms with Gasteiger partial charge in [-0.05, 0) is 48.8 Å². The van der Waals surface area contributed by atoms with Crippen molar-refractivity contribution in [2.24, 2.45) is 21.8 Å². The van der Waals surface area contributed by atoms with Gasteiger partial charge in [-0.1, -0.05) is 26.8 Å². The van der Waals surface area contributed by atoms with Crippen molar-refractivity contribution in [3.8, 4) is 0 Å². The average Bonchev–Trinajstić information content (AvgIpc) is 2.92. The summed E-state index contributed by atoms with van der Waals surface area (Å²) in [5, 5.41) is 4.43. The fourth-order valence-electron chi connectivity index (χ4n) is 4.29. The van der Waals surface area contributed by atoms with E-state index in [9.17, 15) is 13.2 Å². The molecule has 2 atom stereocenters. The minimum absolute atomic E-state index is 0.0149. The predicted octanol–water partition coefficient (Wildman–Crippen LogP) is 2.87. The highest BCUT2D eigenvalue weighted by Crippen LogP contribution is 2.63. The number of rotatable bonds is 4. The Bertz CT molecular complexity index is 874. The van der Waals surface area contributed by atoms with Crippen LogP contribution in [-0.2, 0) is 10.0 Å². The Labute approximate surface area is 155 Å². The van der Waals surface area contributed by atoms with E-state index in [0.717, 1.165) is 22.9 Å². The van der Waals surface area contributed by atoms with Gasteiger partial charge in [-0.2, -0.15) is 5.10 Å². The van der Waals surface area contributed by atoms with Crippen LogP contribution in [0, 0.1) is 16.7 Å². The van der Waals surface area contributed by atoms with Crippen LogP contribution in [0.2, 0.25) is 0 Å². The van der Waals surface area contributed by atoms with Crippen LogP contribution in [0.25, 0.3) is 0 Å².